The Balaban J connectivity index is 2.78. The Morgan fingerprint density at radius 2 is 2.17 bits per heavy atom. The van der Waals surface area contributed by atoms with Crippen molar-refractivity contribution in [2.24, 2.45) is 5.92 Å². The molecule has 0 unspecified atom stereocenters. The van der Waals surface area contributed by atoms with Crippen LogP contribution in [-0.2, 0) is 13.1 Å². The van der Waals surface area contributed by atoms with Crippen molar-refractivity contribution in [3.8, 4) is 0 Å². The van der Waals surface area contributed by atoms with Crippen LogP contribution in [0, 0.1) is 12.8 Å². The molecule has 0 bridgehead atoms. The highest BCUT2D eigenvalue weighted by Crippen LogP contribution is 1.99. The molecule has 1 N–H and O–H groups in total. The van der Waals surface area contributed by atoms with Gasteiger partial charge in [-0.25, -0.2) is 4.68 Å². The van der Waals surface area contributed by atoms with Crippen LogP contribution in [0.1, 0.15) is 44.9 Å². The molecule has 4 nitrogen and oxygen atoms in total. The Morgan fingerprint density at radius 1 is 1.44 bits per heavy atom. The SMILES string of the molecule is CCCCNCc1cc(C)nn(CC(C)C)c1=O. The lowest BCUT2D eigenvalue weighted by Crippen LogP contribution is -2.31. The minimum absolute atomic E-state index is 0.0401. The zero-order valence-corrected chi connectivity index (χ0v) is 12.0. The van der Waals surface area contributed by atoms with Gasteiger partial charge >= 0.3 is 0 Å². The Labute approximate surface area is 109 Å². The molecular formula is C14H25N3O. The molecule has 1 aromatic heterocycles. The highest BCUT2D eigenvalue weighted by Gasteiger charge is 2.07. The van der Waals surface area contributed by atoms with Crippen LogP contribution in [-0.4, -0.2) is 16.3 Å². The zero-order chi connectivity index (χ0) is 13.5. The van der Waals surface area contributed by atoms with Gasteiger partial charge in [0.25, 0.3) is 5.56 Å². The predicted molar refractivity (Wildman–Crippen MR) is 74.7 cm³/mol. The van der Waals surface area contributed by atoms with Gasteiger partial charge in [0.05, 0.1) is 5.69 Å². The van der Waals surface area contributed by atoms with Crippen LogP contribution in [0.15, 0.2) is 10.9 Å². The van der Waals surface area contributed by atoms with Crippen molar-refractivity contribution in [1.29, 1.82) is 0 Å². The Morgan fingerprint density at radius 3 is 2.78 bits per heavy atom. The summed E-state index contributed by atoms with van der Waals surface area (Å²) in [7, 11) is 0. The van der Waals surface area contributed by atoms with E-state index in [0.717, 1.165) is 24.2 Å². The first kappa shape index (κ1) is 14.9. The van der Waals surface area contributed by atoms with Crippen molar-refractivity contribution >= 4 is 0 Å². The summed E-state index contributed by atoms with van der Waals surface area (Å²) in [5.74, 6) is 0.429. The summed E-state index contributed by atoms with van der Waals surface area (Å²) in [6.45, 7) is 10.6. The van der Waals surface area contributed by atoms with Crippen molar-refractivity contribution in [2.75, 3.05) is 6.54 Å². The van der Waals surface area contributed by atoms with Crippen LogP contribution in [0.25, 0.3) is 0 Å². The molecule has 18 heavy (non-hydrogen) atoms. The molecule has 0 radical (unpaired) electrons. The van der Waals surface area contributed by atoms with E-state index in [1.165, 1.54) is 6.42 Å². The van der Waals surface area contributed by atoms with Crippen LogP contribution < -0.4 is 10.9 Å². The summed E-state index contributed by atoms with van der Waals surface area (Å²) >= 11 is 0. The molecular weight excluding hydrogens is 226 g/mol. The van der Waals surface area contributed by atoms with E-state index in [9.17, 15) is 4.79 Å². The summed E-state index contributed by atoms with van der Waals surface area (Å²) < 4.78 is 1.59. The summed E-state index contributed by atoms with van der Waals surface area (Å²) in [6, 6.07) is 1.89. The number of nitrogens with zero attached hydrogens (tertiary/aromatic N) is 2. The Kier molecular flexibility index (Phi) is 6.05. The highest BCUT2D eigenvalue weighted by molar-refractivity contribution is 5.12. The first-order valence-corrected chi connectivity index (χ1v) is 6.83. The monoisotopic (exact) mass is 251 g/mol. The number of rotatable bonds is 7. The molecule has 1 heterocycles. The molecule has 0 saturated carbocycles. The third kappa shape index (κ3) is 4.61. The van der Waals surface area contributed by atoms with Gasteiger partial charge in [-0.15, -0.1) is 0 Å². The van der Waals surface area contributed by atoms with Gasteiger partial charge < -0.3 is 5.32 Å². The van der Waals surface area contributed by atoms with E-state index < -0.39 is 0 Å². The number of nitrogens with one attached hydrogen (secondary N) is 1. The van der Waals surface area contributed by atoms with Gasteiger partial charge in [0.1, 0.15) is 0 Å². The van der Waals surface area contributed by atoms with E-state index in [0.29, 0.717) is 19.0 Å². The Bertz CT molecular complexity index is 424. The summed E-state index contributed by atoms with van der Waals surface area (Å²) in [5, 5.41) is 7.60. The summed E-state index contributed by atoms with van der Waals surface area (Å²) in [6.07, 6.45) is 2.31. The molecule has 0 aromatic carbocycles. The molecule has 0 amide bonds. The standard InChI is InChI=1S/C14H25N3O/c1-5-6-7-15-9-13-8-12(4)16-17(14(13)18)10-11(2)3/h8,11,15H,5-7,9-10H2,1-4H3. The molecule has 1 aromatic rings. The fraction of sp³-hybridized carbons (Fsp3) is 0.714. The quantitative estimate of drug-likeness (QED) is 0.755. The van der Waals surface area contributed by atoms with Crippen LogP contribution >= 0.6 is 0 Å². The molecule has 0 spiro atoms. The van der Waals surface area contributed by atoms with E-state index in [2.05, 4.69) is 31.2 Å². The second-order valence-corrected chi connectivity index (χ2v) is 5.22. The second-order valence-electron chi connectivity index (χ2n) is 5.22. The second kappa shape index (κ2) is 7.31. The van der Waals surface area contributed by atoms with E-state index in [1.54, 1.807) is 4.68 Å². The van der Waals surface area contributed by atoms with Crippen molar-refractivity contribution < 1.29 is 0 Å². The van der Waals surface area contributed by atoms with Crippen molar-refractivity contribution in [3.63, 3.8) is 0 Å². The van der Waals surface area contributed by atoms with Crippen molar-refractivity contribution in [2.45, 2.75) is 53.6 Å². The summed E-state index contributed by atoms with van der Waals surface area (Å²) in [4.78, 5) is 12.2. The fourth-order valence-corrected chi connectivity index (χ4v) is 1.87. The van der Waals surface area contributed by atoms with Gasteiger partial charge in [-0.3, -0.25) is 4.79 Å². The fourth-order valence-electron chi connectivity index (χ4n) is 1.87. The number of aryl methyl sites for hydroxylation is 1. The molecule has 1 rings (SSSR count). The third-order valence-corrected chi connectivity index (χ3v) is 2.73. The van der Waals surface area contributed by atoms with Gasteiger partial charge in [-0.2, -0.15) is 5.10 Å². The molecule has 0 atom stereocenters. The van der Waals surface area contributed by atoms with Gasteiger partial charge in [0.2, 0.25) is 0 Å². The third-order valence-electron chi connectivity index (χ3n) is 2.73. The largest absolute Gasteiger partial charge is 0.312 e. The first-order valence-electron chi connectivity index (χ1n) is 6.83. The molecule has 0 aliphatic rings. The lowest BCUT2D eigenvalue weighted by atomic mass is 10.2. The number of aromatic nitrogens is 2. The number of hydrogen-bond acceptors (Lipinski definition) is 3. The molecule has 102 valence electrons. The predicted octanol–water partition coefficient (Wildman–Crippen LogP) is 2.10. The van der Waals surface area contributed by atoms with Crippen LogP contribution in [0.5, 0.6) is 0 Å². The van der Waals surface area contributed by atoms with Gasteiger partial charge in [-0.05, 0) is 31.9 Å². The molecule has 0 saturated heterocycles. The molecule has 4 heteroatoms. The molecule has 0 aliphatic carbocycles. The number of unbranched alkanes of at least 4 members (excludes halogenated alkanes) is 1. The normalized spacial score (nSPS) is 11.2. The minimum Gasteiger partial charge on any atom is -0.312 e. The topological polar surface area (TPSA) is 46.9 Å². The maximum atomic E-state index is 12.2. The zero-order valence-electron chi connectivity index (χ0n) is 12.0. The Hall–Kier alpha value is -1.16. The van der Waals surface area contributed by atoms with Gasteiger partial charge in [-0.1, -0.05) is 27.2 Å². The average molecular weight is 251 g/mol. The first-order chi connectivity index (χ1) is 8.54. The van der Waals surface area contributed by atoms with Crippen LogP contribution in [0.3, 0.4) is 0 Å². The van der Waals surface area contributed by atoms with Crippen LogP contribution in [0.4, 0.5) is 0 Å². The van der Waals surface area contributed by atoms with E-state index >= 15 is 0 Å². The van der Waals surface area contributed by atoms with E-state index in [1.807, 2.05) is 13.0 Å². The van der Waals surface area contributed by atoms with Crippen molar-refractivity contribution in [1.82, 2.24) is 15.1 Å². The van der Waals surface area contributed by atoms with Crippen LogP contribution in [0.2, 0.25) is 0 Å². The highest BCUT2D eigenvalue weighted by atomic mass is 16.1. The minimum atomic E-state index is 0.0401. The maximum absolute atomic E-state index is 12.2. The smallest absolute Gasteiger partial charge is 0.271 e. The van der Waals surface area contributed by atoms with Gasteiger partial charge in [0.15, 0.2) is 0 Å². The average Bonchev–Trinajstić information content (AvgIpc) is 2.29. The summed E-state index contributed by atoms with van der Waals surface area (Å²) in [5.41, 5.74) is 1.76. The molecule has 0 fully saturated rings. The lowest BCUT2D eigenvalue weighted by Gasteiger charge is -2.11. The van der Waals surface area contributed by atoms with E-state index in [-0.39, 0.29) is 5.56 Å². The van der Waals surface area contributed by atoms with Crippen molar-refractivity contribution in [3.05, 3.63) is 27.7 Å². The van der Waals surface area contributed by atoms with E-state index in [4.69, 9.17) is 0 Å². The maximum Gasteiger partial charge on any atom is 0.271 e. The van der Waals surface area contributed by atoms with Gasteiger partial charge in [0, 0.05) is 18.7 Å². The number of hydrogen-bond donors (Lipinski definition) is 1. The lowest BCUT2D eigenvalue weighted by molar-refractivity contribution is 0.455. The molecule has 0 aliphatic heterocycles.